The number of allylic oxidation sites excluding steroid dienone is 1. The summed E-state index contributed by atoms with van der Waals surface area (Å²) >= 11 is 0. The third-order valence-electron chi connectivity index (χ3n) is 10.2. The molecular weight excluding hydrogens is 574 g/mol. The maximum absolute atomic E-state index is 14.1. The molecule has 1 aliphatic heterocycles. The Morgan fingerprint density at radius 2 is 1.80 bits per heavy atom. The third kappa shape index (κ3) is 5.05. The second kappa shape index (κ2) is 11.7. The molecule has 0 bridgehead atoms. The van der Waals surface area contributed by atoms with E-state index in [2.05, 4.69) is 17.0 Å². The Bertz CT molecular complexity index is 1640. The first-order valence-corrected chi connectivity index (χ1v) is 15.8. The molecule has 0 aromatic heterocycles. The second-order valence-corrected chi connectivity index (χ2v) is 13.2. The molecule has 10 nitrogen and oxygen atoms in total. The maximum atomic E-state index is 14.1. The van der Waals surface area contributed by atoms with Crippen LogP contribution in [0.25, 0.3) is 11.1 Å². The van der Waals surface area contributed by atoms with Crippen molar-refractivity contribution in [3.63, 3.8) is 0 Å². The smallest absolute Gasteiger partial charge is 0.255 e. The topological polar surface area (TPSA) is 165 Å². The number of ketones is 2. The number of aliphatic hydroxyl groups is 3. The van der Waals surface area contributed by atoms with Gasteiger partial charge in [0.15, 0.2) is 11.4 Å². The van der Waals surface area contributed by atoms with Crippen LogP contribution < -0.4 is 5.73 Å². The van der Waals surface area contributed by atoms with E-state index >= 15 is 0 Å². The molecule has 4 atom stereocenters. The van der Waals surface area contributed by atoms with Gasteiger partial charge in [0, 0.05) is 11.5 Å². The number of amides is 1. The molecule has 2 aromatic rings. The summed E-state index contributed by atoms with van der Waals surface area (Å²) in [6, 6.07) is 10.4. The van der Waals surface area contributed by atoms with Crippen molar-refractivity contribution in [1.82, 2.24) is 9.80 Å². The summed E-state index contributed by atoms with van der Waals surface area (Å²) in [5.41, 5.74) is 5.30. The number of nitrogens with zero attached hydrogens (tertiary/aromatic N) is 2. The van der Waals surface area contributed by atoms with Crippen LogP contribution in [0.15, 0.2) is 59.1 Å². The molecule has 6 rings (SSSR count). The number of fused-ring (bicyclic) bond motifs is 3. The Hall–Kier alpha value is -3.99. The molecule has 45 heavy (non-hydrogen) atoms. The number of likely N-dealkylation sites (tertiary alicyclic amines) is 1. The van der Waals surface area contributed by atoms with Crippen molar-refractivity contribution in [1.29, 1.82) is 0 Å². The van der Waals surface area contributed by atoms with Gasteiger partial charge >= 0.3 is 0 Å². The number of aryl methyl sites for hydroxylation is 1. The molecule has 0 saturated carbocycles. The van der Waals surface area contributed by atoms with E-state index in [1.165, 1.54) is 30.9 Å². The number of hydrogen-bond acceptors (Lipinski definition) is 9. The van der Waals surface area contributed by atoms with Gasteiger partial charge in [-0.1, -0.05) is 36.8 Å². The lowest BCUT2D eigenvalue weighted by atomic mass is 9.58. The molecule has 2 aromatic carbocycles. The molecule has 1 fully saturated rings. The van der Waals surface area contributed by atoms with Gasteiger partial charge in [0.2, 0.25) is 5.78 Å². The number of likely N-dealkylation sites (N-methyl/N-ethyl adjacent to an activating group) is 1. The number of hydrogen-bond donors (Lipinski definition) is 5. The highest BCUT2D eigenvalue weighted by Gasteiger charge is 2.63. The van der Waals surface area contributed by atoms with Crippen LogP contribution in [-0.4, -0.2) is 93.1 Å². The number of nitrogens with two attached hydrogens (primary N) is 1. The minimum absolute atomic E-state index is 0.0174. The number of phenolic OH excluding ortho intramolecular Hbond substituents is 1. The summed E-state index contributed by atoms with van der Waals surface area (Å²) in [7, 11) is 3.23. The predicted molar refractivity (Wildman–Crippen MR) is 168 cm³/mol. The molecule has 1 heterocycles. The second-order valence-electron chi connectivity index (χ2n) is 13.2. The van der Waals surface area contributed by atoms with Crippen molar-refractivity contribution in [2.75, 3.05) is 33.7 Å². The molecule has 0 radical (unpaired) electrons. The maximum Gasteiger partial charge on any atom is 0.255 e. The van der Waals surface area contributed by atoms with Crippen molar-refractivity contribution in [2.24, 2.45) is 17.6 Å². The van der Waals surface area contributed by atoms with E-state index < -0.39 is 58.0 Å². The number of Topliss-reactive ketones (excluding diaryl/α,β-unsaturated/α-hetero) is 2. The van der Waals surface area contributed by atoms with Gasteiger partial charge in [-0.2, -0.15) is 0 Å². The number of carbonyl (C=O) groups is 3. The first-order valence-electron chi connectivity index (χ1n) is 15.8. The molecule has 1 saturated heterocycles. The van der Waals surface area contributed by atoms with Crippen LogP contribution in [0.1, 0.15) is 53.6 Å². The number of aliphatic hydroxyl groups excluding tert-OH is 2. The SMILES string of the molecule is CN(C)[C@H]1C(O)=C(C(N)=O)C(=O)[C@@]2(O)C(O)=C3C(=O)c4c(O)ccc(-c5cccc(CCCN6CCCCC6)c5)c4C[C@H]3C[C@@H]12. The number of primary amides is 1. The molecule has 10 heteroatoms. The van der Waals surface area contributed by atoms with E-state index in [0.29, 0.717) is 5.56 Å². The summed E-state index contributed by atoms with van der Waals surface area (Å²) in [5.74, 6) is -6.56. The van der Waals surface area contributed by atoms with Crippen LogP contribution in [0.2, 0.25) is 0 Å². The number of phenols is 1. The number of aromatic hydroxyl groups is 1. The molecule has 238 valence electrons. The van der Waals surface area contributed by atoms with E-state index in [-0.39, 0.29) is 29.7 Å². The van der Waals surface area contributed by atoms with Crippen LogP contribution in [0.3, 0.4) is 0 Å². The summed E-state index contributed by atoms with van der Waals surface area (Å²) in [5, 5.41) is 45.2. The van der Waals surface area contributed by atoms with Crippen molar-refractivity contribution < 1.29 is 34.8 Å². The highest BCUT2D eigenvalue weighted by molar-refractivity contribution is 6.24. The van der Waals surface area contributed by atoms with Gasteiger partial charge in [0.05, 0.1) is 11.6 Å². The average molecular weight is 616 g/mol. The zero-order valence-electron chi connectivity index (χ0n) is 25.8. The monoisotopic (exact) mass is 615 g/mol. The predicted octanol–water partition coefficient (Wildman–Crippen LogP) is 3.21. The van der Waals surface area contributed by atoms with Crippen LogP contribution >= 0.6 is 0 Å². The van der Waals surface area contributed by atoms with E-state index in [0.717, 1.165) is 43.6 Å². The standard InChI is InChI=1S/C35H41N3O7/c1-37(2)29-24-18-21-17-23-22(20-10-6-8-19(16-20)9-7-15-38-13-4-3-5-14-38)11-12-25(39)27(23)30(40)26(21)32(42)35(24,45)33(43)28(31(29)41)34(36)44/h6,8,10-12,16,21,24,29,39,41-42,45H,3-5,7,9,13-15,17-18H2,1-2H3,(H2,36,44)/t21-,24-,29+,35-/m0/s1. The highest BCUT2D eigenvalue weighted by Crippen LogP contribution is 2.53. The fraction of sp³-hybridized carbons (Fsp3) is 0.457. The molecule has 3 aliphatic carbocycles. The first kappa shape index (κ1) is 31.0. The Morgan fingerprint density at radius 3 is 2.49 bits per heavy atom. The average Bonchev–Trinajstić information content (AvgIpc) is 2.99. The molecule has 1 amide bonds. The summed E-state index contributed by atoms with van der Waals surface area (Å²) in [4.78, 5) is 43.8. The minimum atomic E-state index is -2.65. The molecular formula is C35H41N3O7. The fourth-order valence-corrected chi connectivity index (χ4v) is 8.11. The quantitative estimate of drug-likeness (QED) is 0.294. The van der Waals surface area contributed by atoms with E-state index in [1.807, 2.05) is 12.1 Å². The van der Waals surface area contributed by atoms with Crippen molar-refractivity contribution in [2.45, 2.75) is 56.6 Å². The van der Waals surface area contributed by atoms with Crippen LogP contribution in [0, 0.1) is 11.8 Å². The Balaban J connectivity index is 1.37. The van der Waals surface area contributed by atoms with E-state index in [1.54, 1.807) is 25.1 Å². The van der Waals surface area contributed by atoms with Gasteiger partial charge in [-0.3, -0.25) is 19.3 Å². The normalized spacial score (nSPS) is 27.0. The zero-order valence-corrected chi connectivity index (χ0v) is 25.8. The summed E-state index contributed by atoms with van der Waals surface area (Å²) in [6.07, 6.45) is 6.08. The lowest BCUT2D eigenvalue weighted by Gasteiger charge is -2.50. The van der Waals surface area contributed by atoms with Crippen LogP contribution in [0.4, 0.5) is 0 Å². The van der Waals surface area contributed by atoms with Crippen LogP contribution in [0.5, 0.6) is 5.75 Å². The Morgan fingerprint density at radius 1 is 1.07 bits per heavy atom. The van der Waals surface area contributed by atoms with Gasteiger partial charge < -0.3 is 31.1 Å². The van der Waals surface area contributed by atoms with Gasteiger partial charge in [0.1, 0.15) is 22.8 Å². The van der Waals surface area contributed by atoms with Crippen molar-refractivity contribution >= 4 is 17.5 Å². The number of rotatable bonds is 7. The Kier molecular flexibility index (Phi) is 8.09. The largest absolute Gasteiger partial charge is 0.510 e. The fourth-order valence-electron chi connectivity index (χ4n) is 8.11. The lowest BCUT2D eigenvalue weighted by Crippen LogP contribution is -2.63. The number of benzene rings is 2. The van der Waals surface area contributed by atoms with E-state index in [4.69, 9.17) is 5.73 Å². The van der Waals surface area contributed by atoms with Gasteiger partial charge in [-0.05, 0) is 106 Å². The number of carbonyl (C=O) groups excluding carboxylic acids is 3. The first-order chi connectivity index (χ1) is 21.4. The number of piperidine rings is 1. The summed E-state index contributed by atoms with van der Waals surface area (Å²) in [6.45, 7) is 3.37. The van der Waals surface area contributed by atoms with Crippen LogP contribution in [-0.2, 0) is 22.4 Å². The van der Waals surface area contributed by atoms with Crippen molar-refractivity contribution in [3.8, 4) is 16.9 Å². The molecule has 6 N–H and O–H groups in total. The van der Waals surface area contributed by atoms with Gasteiger partial charge in [0.25, 0.3) is 5.91 Å². The lowest BCUT2D eigenvalue weighted by molar-refractivity contribution is -0.148. The molecule has 0 spiro atoms. The van der Waals surface area contributed by atoms with Crippen molar-refractivity contribution in [3.05, 3.63) is 75.8 Å². The molecule has 0 unspecified atom stereocenters. The highest BCUT2D eigenvalue weighted by atomic mass is 16.3. The van der Waals surface area contributed by atoms with E-state index in [9.17, 15) is 34.8 Å². The van der Waals surface area contributed by atoms with Gasteiger partial charge in [-0.25, -0.2) is 0 Å². The summed E-state index contributed by atoms with van der Waals surface area (Å²) < 4.78 is 0. The third-order valence-corrected chi connectivity index (χ3v) is 10.2. The van der Waals surface area contributed by atoms with Gasteiger partial charge in [-0.15, -0.1) is 0 Å². The zero-order chi connectivity index (χ0) is 32.2. The molecule has 4 aliphatic rings. The Labute approximate surface area is 262 Å². The minimum Gasteiger partial charge on any atom is -0.510 e.